The van der Waals surface area contributed by atoms with E-state index >= 15 is 0 Å². The van der Waals surface area contributed by atoms with Gasteiger partial charge in [-0.15, -0.1) is 0 Å². The minimum absolute atomic E-state index is 0.246. The third-order valence-electron chi connectivity index (χ3n) is 6.25. The van der Waals surface area contributed by atoms with Gasteiger partial charge in [-0.1, -0.05) is 19.3 Å². The molecule has 2 fully saturated rings. The molecule has 1 aliphatic heterocycles. The van der Waals surface area contributed by atoms with Crippen molar-refractivity contribution in [3.63, 3.8) is 0 Å². The van der Waals surface area contributed by atoms with Gasteiger partial charge in [0.2, 0.25) is 5.95 Å². The van der Waals surface area contributed by atoms with E-state index in [1.807, 2.05) is 6.20 Å². The molecule has 2 heterocycles. The first-order valence-corrected chi connectivity index (χ1v) is 11.0. The molecule has 1 saturated carbocycles. The van der Waals surface area contributed by atoms with E-state index in [-0.39, 0.29) is 5.82 Å². The number of benzene rings is 1. The summed E-state index contributed by atoms with van der Waals surface area (Å²) in [6.45, 7) is 2.27. The smallest absolute Gasteiger partial charge is 0.229 e. The summed E-state index contributed by atoms with van der Waals surface area (Å²) < 4.78 is 13.2. The summed E-state index contributed by atoms with van der Waals surface area (Å²) in [5.74, 6) is 1.78. The predicted octanol–water partition coefficient (Wildman–Crippen LogP) is 5.30. The Balaban J connectivity index is 1.57. The van der Waals surface area contributed by atoms with Crippen molar-refractivity contribution in [3.8, 4) is 0 Å². The van der Waals surface area contributed by atoms with Crippen LogP contribution in [-0.4, -0.2) is 41.0 Å². The van der Waals surface area contributed by atoms with Gasteiger partial charge in [-0.3, -0.25) is 0 Å². The molecule has 1 aliphatic carbocycles. The SMILES string of the molecule is CN1CCCC(c2cnc(Nc3ccc(F)cc3)nc2NC2CCCCC2)CC1. The Morgan fingerprint density at radius 2 is 1.76 bits per heavy atom. The normalized spacial score (nSPS) is 21.5. The Labute approximate surface area is 173 Å². The second-order valence-corrected chi connectivity index (χ2v) is 8.54. The molecule has 1 unspecified atom stereocenters. The Bertz CT molecular complexity index is 788. The summed E-state index contributed by atoms with van der Waals surface area (Å²) in [4.78, 5) is 11.9. The number of halogens is 1. The minimum Gasteiger partial charge on any atom is -0.367 e. The van der Waals surface area contributed by atoms with Crippen molar-refractivity contribution in [2.24, 2.45) is 0 Å². The second-order valence-electron chi connectivity index (χ2n) is 8.54. The highest BCUT2D eigenvalue weighted by Crippen LogP contribution is 2.33. The number of likely N-dealkylation sites (tertiary alicyclic amines) is 1. The zero-order valence-electron chi connectivity index (χ0n) is 17.3. The summed E-state index contributed by atoms with van der Waals surface area (Å²) in [6.07, 6.45) is 11.8. The molecule has 4 rings (SSSR count). The van der Waals surface area contributed by atoms with Gasteiger partial charge >= 0.3 is 0 Å². The van der Waals surface area contributed by atoms with E-state index < -0.39 is 0 Å². The van der Waals surface area contributed by atoms with Crippen LogP contribution in [0.3, 0.4) is 0 Å². The molecule has 1 aromatic carbocycles. The lowest BCUT2D eigenvalue weighted by atomic mass is 9.92. The molecular weight excluding hydrogens is 365 g/mol. The highest BCUT2D eigenvalue weighted by molar-refractivity contribution is 5.57. The average molecular weight is 398 g/mol. The highest BCUT2D eigenvalue weighted by Gasteiger charge is 2.23. The molecule has 5 nitrogen and oxygen atoms in total. The van der Waals surface area contributed by atoms with Crippen molar-refractivity contribution >= 4 is 17.5 Å². The van der Waals surface area contributed by atoms with Crippen molar-refractivity contribution < 1.29 is 4.39 Å². The van der Waals surface area contributed by atoms with Crippen molar-refractivity contribution in [1.82, 2.24) is 14.9 Å². The van der Waals surface area contributed by atoms with Crippen LogP contribution in [0.1, 0.15) is 62.8 Å². The summed E-state index contributed by atoms with van der Waals surface area (Å²) in [6, 6.07) is 6.80. The van der Waals surface area contributed by atoms with E-state index in [1.54, 1.807) is 12.1 Å². The van der Waals surface area contributed by atoms with Gasteiger partial charge in [0, 0.05) is 23.5 Å². The Morgan fingerprint density at radius 3 is 2.55 bits per heavy atom. The molecule has 0 amide bonds. The zero-order valence-corrected chi connectivity index (χ0v) is 17.3. The van der Waals surface area contributed by atoms with Crippen LogP contribution in [0.4, 0.5) is 21.8 Å². The standard InChI is InChI=1S/C23H32FN5/c1-29-14-5-6-17(13-15-29)21-16-25-23(27-20-11-9-18(24)10-12-20)28-22(21)26-19-7-3-2-4-8-19/h9-12,16-17,19H,2-8,13-15H2,1H3,(H2,25,26,27,28). The summed E-state index contributed by atoms with van der Waals surface area (Å²) in [5, 5.41) is 6.97. The van der Waals surface area contributed by atoms with Crippen LogP contribution >= 0.6 is 0 Å². The van der Waals surface area contributed by atoms with E-state index in [1.165, 1.54) is 62.6 Å². The van der Waals surface area contributed by atoms with Crippen LogP contribution in [0.25, 0.3) is 0 Å². The van der Waals surface area contributed by atoms with Crippen molar-refractivity contribution in [2.45, 2.75) is 63.3 Å². The van der Waals surface area contributed by atoms with E-state index in [0.717, 1.165) is 31.0 Å². The first kappa shape index (κ1) is 20.1. The maximum Gasteiger partial charge on any atom is 0.229 e. The van der Waals surface area contributed by atoms with E-state index in [2.05, 4.69) is 27.6 Å². The predicted molar refractivity (Wildman–Crippen MR) is 116 cm³/mol. The Kier molecular flexibility index (Phi) is 6.60. The van der Waals surface area contributed by atoms with Gasteiger partial charge in [0.05, 0.1) is 0 Å². The Morgan fingerprint density at radius 1 is 0.966 bits per heavy atom. The molecular formula is C23H32FN5. The minimum atomic E-state index is -0.246. The molecule has 0 spiro atoms. The van der Waals surface area contributed by atoms with Gasteiger partial charge in [0.15, 0.2) is 0 Å². The molecule has 1 aromatic heterocycles. The van der Waals surface area contributed by atoms with Crippen LogP contribution in [0.5, 0.6) is 0 Å². The molecule has 2 aromatic rings. The molecule has 156 valence electrons. The number of rotatable bonds is 5. The van der Waals surface area contributed by atoms with Crippen molar-refractivity contribution in [1.29, 1.82) is 0 Å². The number of nitrogens with one attached hydrogen (secondary N) is 2. The van der Waals surface area contributed by atoms with Gasteiger partial charge < -0.3 is 15.5 Å². The lowest BCUT2D eigenvalue weighted by Gasteiger charge is -2.26. The molecule has 0 radical (unpaired) electrons. The summed E-state index contributed by atoms with van der Waals surface area (Å²) in [5.41, 5.74) is 2.04. The first-order chi connectivity index (χ1) is 14.2. The topological polar surface area (TPSA) is 53.1 Å². The lowest BCUT2D eigenvalue weighted by molar-refractivity contribution is 0.347. The fraction of sp³-hybridized carbons (Fsp3) is 0.565. The fourth-order valence-corrected chi connectivity index (χ4v) is 4.52. The Hall–Kier alpha value is -2.21. The molecule has 2 aliphatic rings. The van der Waals surface area contributed by atoms with Crippen molar-refractivity contribution in [2.75, 3.05) is 30.8 Å². The number of aromatic nitrogens is 2. The van der Waals surface area contributed by atoms with Crippen LogP contribution in [0.15, 0.2) is 30.5 Å². The number of nitrogens with zero attached hydrogens (tertiary/aromatic N) is 3. The number of anilines is 3. The molecule has 1 saturated heterocycles. The van der Waals surface area contributed by atoms with Gasteiger partial charge in [0.1, 0.15) is 11.6 Å². The van der Waals surface area contributed by atoms with E-state index in [0.29, 0.717) is 17.9 Å². The van der Waals surface area contributed by atoms with Gasteiger partial charge in [-0.25, -0.2) is 9.37 Å². The number of hydrogen-bond acceptors (Lipinski definition) is 5. The maximum atomic E-state index is 13.2. The van der Waals surface area contributed by atoms with Gasteiger partial charge in [-0.2, -0.15) is 4.98 Å². The zero-order chi connectivity index (χ0) is 20.1. The quantitative estimate of drug-likeness (QED) is 0.717. The molecule has 1 atom stereocenters. The largest absolute Gasteiger partial charge is 0.367 e. The molecule has 0 bridgehead atoms. The van der Waals surface area contributed by atoms with Gasteiger partial charge in [-0.05, 0) is 82.4 Å². The third kappa shape index (κ3) is 5.44. The molecule has 2 N–H and O–H groups in total. The average Bonchev–Trinajstić information content (AvgIpc) is 2.95. The van der Waals surface area contributed by atoms with Crippen LogP contribution in [0, 0.1) is 5.82 Å². The monoisotopic (exact) mass is 397 g/mol. The van der Waals surface area contributed by atoms with Crippen LogP contribution < -0.4 is 10.6 Å². The van der Waals surface area contributed by atoms with Gasteiger partial charge in [0.25, 0.3) is 0 Å². The number of hydrogen-bond donors (Lipinski definition) is 2. The van der Waals surface area contributed by atoms with Crippen LogP contribution in [-0.2, 0) is 0 Å². The highest BCUT2D eigenvalue weighted by atomic mass is 19.1. The second kappa shape index (κ2) is 9.53. The van der Waals surface area contributed by atoms with E-state index in [9.17, 15) is 4.39 Å². The first-order valence-electron chi connectivity index (χ1n) is 11.0. The maximum absolute atomic E-state index is 13.2. The fourth-order valence-electron chi connectivity index (χ4n) is 4.52. The summed E-state index contributed by atoms with van der Waals surface area (Å²) in [7, 11) is 2.20. The summed E-state index contributed by atoms with van der Waals surface area (Å²) >= 11 is 0. The third-order valence-corrected chi connectivity index (χ3v) is 6.25. The van der Waals surface area contributed by atoms with E-state index in [4.69, 9.17) is 4.98 Å². The lowest BCUT2D eigenvalue weighted by Crippen LogP contribution is -2.24. The van der Waals surface area contributed by atoms with Crippen LogP contribution in [0.2, 0.25) is 0 Å². The van der Waals surface area contributed by atoms with Crippen molar-refractivity contribution in [3.05, 3.63) is 41.8 Å². The molecule has 29 heavy (non-hydrogen) atoms. The molecule has 6 heteroatoms.